The molecule has 1 spiro atoms. The summed E-state index contributed by atoms with van der Waals surface area (Å²) in [7, 11) is -3.76. The zero-order valence-corrected chi connectivity index (χ0v) is 23.3. The maximum atomic E-state index is 13.7. The van der Waals surface area contributed by atoms with Gasteiger partial charge in [-0.3, -0.25) is 0 Å². The molecule has 1 aromatic heterocycles. The van der Waals surface area contributed by atoms with E-state index in [0.717, 1.165) is 48.6 Å². The molecule has 0 unspecified atom stereocenters. The number of fused-ring (bicyclic) bond motifs is 1. The minimum Gasteiger partial charge on any atom is -0.353 e. The highest BCUT2D eigenvalue weighted by Crippen LogP contribution is 2.69. The summed E-state index contributed by atoms with van der Waals surface area (Å²) in [5, 5.41) is 0.914. The highest BCUT2D eigenvalue weighted by molar-refractivity contribution is 7.90. The molecule has 6 heteroatoms. The van der Waals surface area contributed by atoms with Crippen LogP contribution in [0.2, 0.25) is 0 Å². The topological polar surface area (TPSA) is 57.5 Å². The van der Waals surface area contributed by atoms with Crippen LogP contribution in [0.1, 0.15) is 58.4 Å². The first-order valence-corrected chi connectivity index (χ1v) is 15.2. The predicted molar refractivity (Wildman–Crippen MR) is 151 cm³/mol. The van der Waals surface area contributed by atoms with Gasteiger partial charge in [0.2, 0.25) is 0 Å². The molecule has 38 heavy (non-hydrogen) atoms. The van der Waals surface area contributed by atoms with Crippen molar-refractivity contribution in [3.8, 4) is 0 Å². The number of aromatic nitrogens is 1. The van der Waals surface area contributed by atoms with Crippen molar-refractivity contribution in [3.05, 3.63) is 84.1 Å². The summed E-state index contributed by atoms with van der Waals surface area (Å²) < 4.78 is 41.5. The average molecular weight is 532 g/mol. The second-order valence-corrected chi connectivity index (χ2v) is 13.3. The highest BCUT2D eigenvalue weighted by Gasteiger charge is 2.65. The van der Waals surface area contributed by atoms with E-state index in [4.69, 9.17) is 9.47 Å². The van der Waals surface area contributed by atoms with Gasteiger partial charge in [-0.1, -0.05) is 62.4 Å². The summed E-state index contributed by atoms with van der Waals surface area (Å²) in [5.41, 5.74) is 3.74. The Morgan fingerprint density at radius 3 is 2.63 bits per heavy atom. The minimum atomic E-state index is -3.76. The lowest BCUT2D eigenvalue weighted by Gasteiger charge is -2.60. The van der Waals surface area contributed by atoms with Gasteiger partial charge in [0.25, 0.3) is 10.0 Å². The van der Waals surface area contributed by atoms with Gasteiger partial charge in [0.15, 0.2) is 6.29 Å². The lowest BCUT2D eigenvalue weighted by molar-refractivity contribution is -0.148. The first-order valence-electron chi connectivity index (χ1n) is 13.8. The maximum Gasteiger partial charge on any atom is 0.268 e. The fraction of sp³-hybridized carbons (Fsp3) is 0.438. The second-order valence-electron chi connectivity index (χ2n) is 11.5. The van der Waals surface area contributed by atoms with E-state index in [9.17, 15) is 8.42 Å². The van der Waals surface area contributed by atoms with Crippen LogP contribution in [0.3, 0.4) is 0 Å². The Morgan fingerprint density at radius 2 is 1.87 bits per heavy atom. The van der Waals surface area contributed by atoms with Gasteiger partial charge in [-0.2, -0.15) is 0 Å². The fourth-order valence-electron chi connectivity index (χ4n) is 7.60. The second kappa shape index (κ2) is 9.22. The average Bonchev–Trinajstić information content (AvgIpc) is 3.48. The lowest BCUT2D eigenvalue weighted by Crippen LogP contribution is -2.56. The number of ether oxygens (including phenoxy) is 2. The molecule has 3 aromatic rings. The van der Waals surface area contributed by atoms with Crippen molar-refractivity contribution in [1.82, 2.24) is 3.97 Å². The smallest absolute Gasteiger partial charge is 0.268 e. The van der Waals surface area contributed by atoms with Crippen molar-refractivity contribution >= 4 is 27.0 Å². The van der Waals surface area contributed by atoms with Crippen molar-refractivity contribution in [2.45, 2.75) is 70.2 Å². The van der Waals surface area contributed by atoms with Gasteiger partial charge < -0.3 is 9.47 Å². The Balaban J connectivity index is 1.56. The first kappa shape index (κ1) is 25.6. The van der Waals surface area contributed by atoms with E-state index in [1.54, 1.807) is 30.5 Å². The van der Waals surface area contributed by atoms with Crippen LogP contribution in [-0.4, -0.2) is 31.4 Å². The Labute approximate surface area is 226 Å². The zero-order chi connectivity index (χ0) is 26.7. The maximum absolute atomic E-state index is 13.7. The molecular formula is C32H37NO4S. The quantitative estimate of drug-likeness (QED) is 0.350. The normalized spacial score (nSPS) is 32.4. The molecule has 5 atom stereocenters. The summed E-state index contributed by atoms with van der Waals surface area (Å²) in [6.07, 6.45) is 8.78. The molecule has 0 N–H and O–H groups in total. The summed E-state index contributed by atoms with van der Waals surface area (Å²) in [5.74, 6) is 0.541. The van der Waals surface area contributed by atoms with Crippen LogP contribution in [0.5, 0.6) is 0 Å². The molecular weight excluding hydrogens is 494 g/mol. The van der Waals surface area contributed by atoms with Gasteiger partial charge in [0.05, 0.1) is 16.5 Å². The fourth-order valence-corrected chi connectivity index (χ4v) is 9.00. The summed E-state index contributed by atoms with van der Waals surface area (Å²) >= 11 is 0. The number of hydrogen-bond acceptors (Lipinski definition) is 4. The molecule has 2 aliphatic carbocycles. The largest absolute Gasteiger partial charge is 0.353 e. The number of hydrogen-bond donors (Lipinski definition) is 0. The predicted octanol–water partition coefficient (Wildman–Crippen LogP) is 7.19. The van der Waals surface area contributed by atoms with Crippen molar-refractivity contribution in [3.63, 3.8) is 0 Å². The van der Waals surface area contributed by atoms with Gasteiger partial charge in [0.1, 0.15) is 0 Å². The van der Waals surface area contributed by atoms with E-state index < -0.39 is 10.0 Å². The van der Waals surface area contributed by atoms with Crippen LogP contribution < -0.4 is 0 Å². The first-order chi connectivity index (χ1) is 18.2. The molecule has 2 saturated carbocycles. The van der Waals surface area contributed by atoms with Crippen LogP contribution >= 0.6 is 0 Å². The molecule has 0 bridgehead atoms. The number of nitrogens with zero attached hydrogens (tertiary/aromatic N) is 1. The van der Waals surface area contributed by atoms with Crippen LogP contribution in [0.15, 0.2) is 83.4 Å². The van der Waals surface area contributed by atoms with Gasteiger partial charge >= 0.3 is 0 Å². The molecule has 1 saturated heterocycles. The van der Waals surface area contributed by atoms with Crippen molar-refractivity contribution in [2.24, 2.45) is 16.7 Å². The third kappa shape index (κ3) is 3.60. The molecule has 1 aliphatic heterocycles. The monoisotopic (exact) mass is 531 g/mol. The van der Waals surface area contributed by atoms with Gasteiger partial charge in [-0.05, 0) is 73.8 Å². The van der Waals surface area contributed by atoms with E-state index in [2.05, 4.69) is 26.5 Å². The molecule has 0 amide bonds. The third-order valence-corrected chi connectivity index (χ3v) is 11.5. The number of benzene rings is 2. The van der Waals surface area contributed by atoms with E-state index in [0.29, 0.717) is 18.0 Å². The van der Waals surface area contributed by atoms with E-state index >= 15 is 0 Å². The Kier molecular flexibility index (Phi) is 6.21. The Bertz CT molecular complexity index is 1520. The van der Waals surface area contributed by atoms with Gasteiger partial charge in [-0.25, -0.2) is 12.4 Å². The molecule has 2 aromatic carbocycles. The minimum absolute atomic E-state index is 0.0449. The molecule has 3 aliphatic rings. The van der Waals surface area contributed by atoms with Crippen molar-refractivity contribution in [1.29, 1.82) is 0 Å². The van der Waals surface area contributed by atoms with E-state index in [1.807, 2.05) is 37.3 Å². The van der Waals surface area contributed by atoms with Crippen molar-refractivity contribution < 1.29 is 17.9 Å². The molecule has 0 radical (unpaired) electrons. The number of allylic oxidation sites excluding steroid dienone is 1. The van der Waals surface area contributed by atoms with Gasteiger partial charge in [0, 0.05) is 35.6 Å². The zero-order valence-electron chi connectivity index (χ0n) is 22.5. The summed E-state index contributed by atoms with van der Waals surface area (Å²) in [6.45, 7) is 12.0. The molecule has 200 valence electrons. The van der Waals surface area contributed by atoms with Gasteiger partial charge in [-0.15, -0.1) is 0 Å². The lowest BCUT2D eigenvalue weighted by atomic mass is 9.44. The SMILES string of the molecule is C=C1CC[C@]2(C)[C@@H](C)CC[C@H]3O[C@H](OCC)C[C@]32/C1=C/c1cn(S(=O)(=O)c2ccccc2)c2ccccc12. The van der Waals surface area contributed by atoms with Crippen molar-refractivity contribution in [2.75, 3.05) is 6.61 Å². The third-order valence-electron chi connectivity index (χ3n) is 9.79. The molecule has 2 heterocycles. The van der Waals surface area contributed by atoms with E-state index in [1.165, 1.54) is 9.55 Å². The number of para-hydroxylation sites is 1. The molecule has 6 rings (SSSR count). The van der Waals surface area contributed by atoms with E-state index in [-0.39, 0.29) is 28.1 Å². The Morgan fingerprint density at radius 1 is 1.13 bits per heavy atom. The van der Waals surface area contributed by atoms with Crippen LogP contribution in [0, 0.1) is 16.7 Å². The summed E-state index contributed by atoms with van der Waals surface area (Å²) in [4.78, 5) is 0.276. The Hall–Kier alpha value is -2.67. The van der Waals surface area contributed by atoms with Crippen LogP contribution in [0.4, 0.5) is 0 Å². The summed E-state index contributed by atoms with van der Waals surface area (Å²) in [6, 6.07) is 16.4. The number of rotatable bonds is 5. The molecule has 5 nitrogen and oxygen atoms in total. The van der Waals surface area contributed by atoms with Crippen LogP contribution in [0.25, 0.3) is 17.0 Å². The highest BCUT2D eigenvalue weighted by atomic mass is 32.2. The standard InChI is InChI=1S/C32H37NO4S/c1-5-36-30-20-32-27(22(2)17-18-31(32,4)23(3)15-16-29(32)37-30)19-24-21-33(28-14-10-9-13-26(24)28)38(34,35)25-11-7-6-8-12-25/h6-14,19,21,23,29-30H,2,5,15-18,20H2,1,3-4H3/b27-19+/t23-,29+,30-,31+,32-/m0/s1. The molecule has 3 fully saturated rings. The van der Waals surface area contributed by atoms with Crippen LogP contribution in [-0.2, 0) is 19.5 Å².